The number of carbonyl (C=O) groups excluding carboxylic acids is 2. The van der Waals surface area contributed by atoms with Crippen LogP contribution in [0, 0.1) is 12.8 Å². The highest BCUT2D eigenvalue weighted by molar-refractivity contribution is 5.92. The number of ether oxygens (including phenoxy) is 1. The molecule has 0 aromatic carbocycles. The van der Waals surface area contributed by atoms with Gasteiger partial charge in [-0.3, -0.25) is 19.0 Å². The van der Waals surface area contributed by atoms with Crippen molar-refractivity contribution in [2.45, 2.75) is 13.5 Å². The zero-order valence-electron chi connectivity index (χ0n) is 15.4. The van der Waals surface area contributed by atoms with E-state index < -0.39 is 5.92 Å². The molecule has 28 heavy (non-hydrogen) atoms. The molecule has 146 valence electrons. The van der Waals surface area contributed by atoms with Crippen molar-refractivity contribution in [2.75, 3.05) is 26.3 Å². The van der Waals surface area contributed by atoms with Crippen LogP contribution >= 0.6 is 0 Å². The molecule has 0 radical (unpaired) electrons. The molecule has 3 aromatic rings. The van der Waals surface area contributed by atoms with Gasteiger partial charge in [0.15, 0.2) is 11.3 Å². The van der Waals surface area contributed by atoms with Crippen LogP contribution in [0.5, 0.6) is 0 Å². The Labute approximate surface area is 160 Å². The first kappa shape index (κ1) is 18.1. The SMILES string of the molecule is Cc1cc(C(=O)N2CCOCC(C(=O)NCc3cnc4cnccn34)C2)no1. The molecule has 4 heterocycles. The predicted molar refractivity (Wildman–Crippen MR) is 96.3 cm³/mol. The summed E-state index contributed by atoms with van der Waals surface area (Å²) in [6.45, 7) is 3.32. The van der Waals surface area contributed by atoms with Crippen LogP contribution in [0.1, 0.15) is 21.9 Å². The Morgan fingerprint density at radius 1 is 1.36 bits per heavy atom. The first-order valence-electron chi connectivity index (χ1n) is 8.96. The van der Waals surface area contributed by atoms with E-state index in [1.54, 1.807) is 42.7 Å². The van der Waals surface area contributed by atoms with Crippen LogP contribution in [0.4, 0.5) is 0 Å². The molecule has 10 heteroatoms. The molecular weight excluding hydrogens is 364 g/mol. The smallest absolute Gasteiger partial charge is 0.276 e. The Kier molecular flexibility index (Phi) is 5.02. The van der Waals surface area contributed by atoms with Crippen LogP contribution in [0.15, 0.2) is 35.4 Å². The van der Waals surface area contributed by atoms with E-state index in [2.05, 4.69) is 20.4 Å². The fourth-order valence-electron chi connectivity index (χ4n) is 3.13. The minimum atomic E-state index is -0.472. The van der Waals surface area contributed by atoms with Crippen molar-refractivity contribution in [2.24, 2.45) is 5.92 Å². The van der Waals surface area contributed by atoms with Gasteiger partial charge < -0.3 is 19.5 Å². The number of carbonyl (C=O) groups is 2. The summed E-state index contributed by atoms with van der Waals surface area (Å²) >= 11 is 0. The third-order valence-electron chi connectivity index (χ3n) is 4.61. The van der Waals surface area contributed by atoms with Crippen LogP contribution < -0.4 is 5.32 Å². The van der Waals surface area contributed by atoms with Crippen molar-refractivity contribution in [1.29, 1.82) is 0 Å². The number of imidazole rings is 1. The molecule has 3 aromatic heterocycles. The number of aromatic nitrogens is 4. The number of nitrogens with zero attached hydrogens (tertiary/aromatic N) is 5. The predicted octanol–water partition coefficient (Wildman–Crippen LogP) is 0.431. The molecule has 1 saturated heterocycles. The van der Waals surface area contributed by atoms with Gasteiger partial charge in [-0.05, 0) is 6.92 Å². The Morgan fingerprint density at radius 3 is 3.07 bits per heavy atom. The quantitative estimate of drug-likeness (QED) is 0.694. The van der Waals surface area contributed by atoms with Crippen LogP contribution in [0.3, 0.4) is 0 Å². The van der Waals surface area contributed by atoms with Gasteiger partial charge in [0.1, 0.15) is 5.76 Å². The van der Waals surface area contributed by atoms with Crippen molar-refractivity contribution in [3.63, 3.8) is 0 Å². The van der Waals surface area contributed by atoms with E-state index in [1.807, 2.05) is 4.40 Å². The second-order valence-electron chi connectivity index (χ2n) is 6.62. The molecule has 0 saturated carbocycles. The summed E-state index contributed by atoms with van der Waals surface area (Å²) in [5.74, 6) is -0.360. The van der Waals surface area contributed by atoms with Gasteiger partial charge in [0.25, 0.3) is 5.91 Å². The van der Waals surface area contributed by atoms with Crippen LogP contribution in [-0.4, -0.2) is 62.5 Å². The summed E-state index contributed by atoms with van der Waals surface area (Å²) in [5, 5.41) is 6.67. The molecule has 0 spiro atoms. The molecule has 4 rings (SSSR count). The van der Waals surface area contributed by atoms with Gasteiger partial charge in [-0.15, -0.1) is 0 Å². The highest BCUT2D eigenvalue weighted by atomic mass is 16.5. The first-order valence-corrected chi connectivity index (χ1v) is 8.96. The number of aryl methyl sites for hydroxylation is 1. The van der Waals surface area contributed by atoms with Crippen molar-refractivity contribution in [1.82, 2.24) is 29.7 Å². The maximum absolute atomic E-state index is 12.7. The monoisotopic (exact) mass is 384 g/mol. The van der Waals surface area contributed by atoms with Crippen molar-refractivity contribution >= 4 is 17.5 Å². The molecule has 10 nitrogen and oxygen atoms in total. The van der Waals surface area contributed by atoms with E-state index in [1.165, 1.54) is 0 Å². The van der Waals surface area contributed by atoms with E-state index in [-0.39, 0.29) is 30.7 Å². The highest BCUT2D eigenvalue weighted by Gasteiger charge is 2.29. The number of hydrogen-bond acceptors (Lipinski definition) is 7. The van der Waals surface area contributed by atoms with Crippen molar-refractivity contribution < 1.29 is 18.8 Å². The normalized spacial score (nSPS) is 17.5. The van der Waals surface area contributed by atoms with E-state index in [9.17, 15) is 9.59 Å². The Hall–Kier alpha value is -3.27. The van der Waals surface area contributed by atoms with Gasteiger partial charge in [-0.1, -0.05) is 5.16 Å². The molecule has 0 bridgehead atoms. The molecule has 1 aliphatic heterocycles. The minimum Gasteiger partial charge on any atom is -0.379 e. The molecule has 2 amide bonds. The molecule has 1 fully saturated rings. The minimum absolute atomic E-state index is 0.181. The van der Waals surface area contributed by atoms with Crippen molar-refractivity contribution in [3.05, 3.63) is 48.0 Å². The number of hydrogen-bond donors (Lipinski definition) is 1. The standard InChI is InChI=1S/C18H20N6O4/c1-12-6-15(22-28-12)18(26)23-4-5-27-11-13(10-23)17(25)21-8-14-7-20-16-9-19-2-3-24(14)16/h2-3,6-7,9,13H,4-5,8,10-11H2,1H3,(H,21,25). The van der Waals surface area contributed by atoms with Gasteiger partial charge in [0.2, 0.25) is 5.91 Å². The summed E-state index contributed by atoms with van der Waals surface area (Å²) in [5.41, 5.74) is 1.79. The number of nitrogens with one attached hydrogen (secondary N) is 1. The molecule has 1 aliphatic rings. The highest BCUT2D eigenvalue weighted by Crippen LogP contribution is 2.13. The molecule has 1 N–H and O–H groups in total. The summed E-state index contributed by atoms with van der Waals surface area (Å²) in [7, 11) is 0. The Bertz CT molecular complexity index is 997. The van der Waals surface area contributed by atoms with Gasteiger partial charge in [0, 0.05) is 31.5 Å². The summed E-state index contributed by atoms with van der Waals surface area (Å²) < 4.78 is 12.4. The maximum atomic E-state index is 12.7. The lowest BCUT2D eigenvalue weighted by molar-refractivity contribution is -0.126. The molecule has 1 atom stereocenters. The second kappa shape index (κ2) is 7.77. The second-order valence-corrected chi connectivity index (χ2v) is 6.62. The van der Waals surface area contributed by atoms with Gasteiger partial charge in [0.05, 0.1) is 43.8 Å². The number of amides is 2. The number of rotatable bonds is 4. The summed E-state index contributed by atoms with van der Waals surface area (Å²) in [6.07, 6.45) is 6.80. The van der Waals surface area contributed by atoms with E-state index in [0.717, 1.165) is 5.69 Å². The molecular formula is C18H20N6O4. The maximum Gasteiger partial charge on any atom is 0.276 e. The van der Waals surface area contributed by atoms with E-state index in [0.29, 0.717) is 31.1 Å². The lowest BCUT2D eigenvalue weighted by Gasteiger charge is -2.22. The zero-order valence-corrected chi connectivity index (χ0v) is 15.4. The van der Waals surface area contributed by atoms with Crippen LogP contribution in [-0.2, 0) is 16.1 Å². The fraction of sp³-hybridized carbons (Fsp3) is 0.389. The topological polar surface area (TPSA) is 115 Å². The van der Waals surface area contributed by atoms with Gasteiger partial charge in [-0.2, -0.15) is 0 Å². The van der Waals surface area contributed by atoms with Crippen LogP contribution in [0.25, 0.3) is 5.65 Å². The lowest BCUT2D eigenvalue weighted by atomic mass is 10.1. The Morgan fingerprint density at radius 2 is 2.25 bits per heavy atom. The third-order valence-corrected chi connectivity index (χ3v) is 4.61. The molecule has 1 unspecified atom stereocenters. The average Bonchev–Trinajstić information content (AvgIpc) is 3.24. The van der Waals surface area contributed by atoms with Crippen LogP contribution in [0.2, 0.25) is 0 Å². The van der Waals surface area contributed by atoms with E-state index in [4.69, 9.17) is 9.26 Å². The molecule has 0 aliphatic carbocycles. The zero-order chi connectivity index (χ0) is 19.5. The van der Waals surface area contributed by atoms with E-state index >= 15 is 0 Å². The lowest BCUT2D eigenvalue weighted by Crippen LogP contribution is -2.42. The largest absolute Gasteiger partial charge is 0.379 e. The fourth-order valence-corrected chi connectivity index (χ4v) is 3.13. The summed E-state index contributed by atoms with van der Waals surface area (Å²) in [4.78, 5) is 35.2. The van der Waals surface area contributed by atoms with Crippen molar-refractivity contribution in [3.8, 4) is 0 Å². The van der Waals surface area contributed by atoms with Gasteiger partial charge >= 0.3 is 0 Å². The van der Waals surface area contributed by atoms with Gasteiger partial charge in [-0.25, -0.2) is 4.98 Å². The Balaban J connectivity index is 1.40. The first-order chi connectivity index (χ1) is 13.6. The number of fused-ring (bicyclic) bond motifs is 1. The summed E-state index contributed by atoms with van der Waals surface area (Å²) in [6, 6.07) is 1.59. The average molecular weight is 384 g/mol. The third kappa shape index (κ3) is 3.72.